The average Bonchev–Trinajstić information content (AvgIpc) is 2.93. The Morgan fingerprint density at radius 1 is 1.55 bits per heavy atom. The van der Waals surface area contributed by atoms with Crippen LogP contribution in [0.15, 0.2) is 22.2 Å². The minimum atomic E-state index is -0.759. The van der Waals surface area contributed by atoms with Gasteiger partial charge in [0.1, 0.15) is 11.0 Å². The maximum atomic E-state index is 11.2. The molecule has 1 saturated carbocycles. The van der Waals surface area contributed by atoms with Gasteiger partial charge in [0, 0.05) is 28.9 Å². The first-order chi connectivity index (χ1) is 9.65. The summed E-state index contributed by atoms with van der Waals surface area (Å²) in [4.78, 5) is 17.9. The van der Waals surface area contributed by atoms with E-state index in [-0.39, 0.29) is 0 Å². The van der Waals surface area contributed by atoms with E-state index >= 15 is 0 Å². The highest BCUT2D eigenvalue weighted by Gasteiger charge is 2.35. The van der Waals surface area contributed by atoms with Crippen LogP contribution in [0.5, 0.6) is 0 Å². The molecule has 1 N–H and O–H groups in total. The predicted molar refractivity (Wildman–Crippen MR) is 81.1 cm³/mol. The molecule has 1 atom stereocenters. The Kier molecular flexibility index (Phi) is 3.87. The lowest BCUT2D eigenvalue weighted by molar-refractivity contribution is -0.143. The molecule has 2 heterocycles. The van der Waals surface area contributed by atoms with E-state index in [1.54, 1.807) is 29.6 Å². The Morgan fingerprint density at radius 3 is 2.95 bits per heavy atom. The van der Waals surface area contributed by atoms with Crippen LogP contribution < -0.4 is 0 Å². The number of aliphatic carboxylic acids is 1. The number of carboxylic acids is 1. The van der Waals surface area contributed by atoms with E-state index in [1.165, 1.54) is 0 Å². The van der Waals surface area contributed by atoms with Crippen LogP contribution in [0.4, 0.5) is 0 Å². The van der Waals surface area contributed by atoms with Gasteiger partial charge in [-0.1, -0.05) is 0 Å². The van der Waals surface area contributed by atoms with Gasteiger partial charge >= 0.3 is 5.97 Å². The van der Waals surface area contributed by atoms with Crippen molar-refractivity contribution >= 4 is 28.6 Å². The average molecular weight is 308 g/mol. The summed E-state index contributed by atoms with van der Waals surface area (Å²) in [6, 6.07) is 2.02. The van der Waals surface area contributed by atoms with E-state index in [1.807, 2.05) is 10.8 Å². The van der Waals surface area contributed by atoms with Crippen molar-refractivity contribution < 1.29 is 9.90 Å². The summed E-state index contributed by atoms with van der Waals surface area (Å²) in [5.41, 5.74) is 2.12. The molecular formula is C14H16N2O2S2. The van der Waals surface area contributed by atoms with Crippen LogP contribution in [-0.4, -0.2) is 33.0 Å². The van der Waals surface area contributed by atoms with Gasteiger partial charge in [0.05, 0.1) is 5.69 Å². The second-order valence-corrected chi connectivity index (χ2v) is 6.71. The summed E-state index contributed by atoms with van der Waals surface area (Å²) >= 11 is 3.28. The third kappa shape index (κ3) is 2.92. The number of thiazole rings is 1. The Labute approximate surface area is 125 Å². The molecule has 0 radical (unpaired) electrons. The van der Waals surface area contributed by atoms with Crippen LogP contribution in [0.3, 0.4) is 0 Å². The normalized spacial score (nSPS) is 16.5. The smallest absolute Gasteiger partial charge is 0.320 e. The lowest BCUT2D eigenvalue weighted by Gasteiger charge is -2.25. The van der Waals surface area contributed by atoms with E-state index < -0.39 is 12.0 Å². The number of nitrogens with zero attached hydrogens (tertiary/aromatic N) is 2. The van der Waals surface area contributed by atoms with Gasteiger partial charge in [0.2, 0.25) is 0 Å². The molecule has 1 aliphatic rings. The molecule has 0 aliphatic heterocycles. The molecular weight excluding hydrogens is 292 g/mol. The highest BCUT2D eigenvalue weighted by Crippen LogP contribution is 2.32. The van der Waals surface area contributed by atoms with Crippen LogP contribution in [0, 0.1) is 0 Å². The maximum absolute atomic E-state index is 11.2. The summed E-state index contributed by atoms with van der Waals surface area (Å²) in [6.45, 7) is 2.38. The lowest BCUT2D eigenvalue weighted by Crippen LogP contribution is -2.40. The summed E-state index contributed by atoms with van der Waals surface area (Å²) < 4.78 is 0. The topological polar surface area (TPSA) is 53.4 Å². The number of thiophene rings is 1. The van der Waals surface area contributed by atoms with Gasteiger partial charge in [-0.2, -0.15) is 11.3 Å². The Bertz CT molecular complexity index is 590. The Hall–Kier alpha value is -1.24. The SMILES string of the molecule is CC(C(=O)O)N(Cc1csc(-c2ccsc2)n1)C1CC1. The Balaban J connectivity index is 1.74. The van der Waals surface area contributed by atoms with E-state index in [4.69, 9.17) is 0 Å². The number of carboxylic acid groups (broad SMARTS) is 1. The lowest BCUT2D eigenvalue weighted by atomic mass is 10.2. The first-order valence-electron chi connectivity index (χ1n) is 6.60. The number of hydrogen-bond acceptors (Lipinski definition) is 5. The third-order valence-corrected chi connectivity index (χ3v) is 5.16. The molecule has 2 aromatic heterocycles. The summed E-state index contributed by atoms with van der Waals surface area (Å²) in [7, 11) is 0. The Morgan fingerprint density at radius 2 is 2.35 bits per heavy atom. The zero-order valence-corrected chi connectivity index (χ0v) is 12.8. The zero-order chi connectivity index (χ0) is 14.1. The van der Waals surface area contributed by atoms with E-state index in [0.717, 1.165) is 29.1 Å². The molecule has 106 valence electrons. The number of carbonyl (C=O) groups is 1. The molecule has 0 bridgehead atoms. The van der Waals surface area contributed by atoms with Gasteiger partial charge < -0.3 is 5.11 Å². The minimum absolute atomic E-state index is 0.410. The van der Waals surface area contributed by atoms with Crippen LogP contribution in [0.25, 0.3) is 10.6 Å². The molecule has 0 amide bonds. The molecule has 0 spiro atoms. The van der Waals surface area contributed by atoms with Crippen molar-refractivity contribution in [1.82, 2.24) is 9.88 Å². The number of rotatable bonds is 6. The fraction of sp³-hybridized carbons (Fsp3) is 0.429. The molecule has 20 heavy (non-hydrogen) atoms. The highest BCUT2D eigenvalue weighted by atomic mass is 32.1. The van der Waals surface area contributed by atoms with Crippen LogP contribution in [0.2, 0.25) is 0 Å². The van der Waals surface area contributed by atoms with Gasteiger partial charge in [-0.3, -0.25) is 9.69 Å². The molecule has 0 saturated heterocycles. The fourth-order valence-electron chi connectivity index (χ4n) is 2.22. The monoisotopic (exact) mass is 308 g/mol. The first kappa shape index (κ1) is 13.7. The van der Waals surface area contributed by atoms with Crippen LogP contribution in [0.1, 0.15) is 25.5 Å². The van der Waals surface area contributed by atoms with Gasteiger partial charge in [0.15, 0.2) is 0 Å². The predicted octanol–water partition coefficient (Wildman–Crippen LogP) is 3.31. The molecule has 2 aromatic rings. The molecule has 3 rings (SSSR count). The molecule has 0 aromatic carbocycles. The molecule has 1 unspecified atom stereocenters. The summed E-state index contributed by atoms with van der Waals surface area (Å²) in [5, 5.41) is 16.4. The van der Waals surface area contributed by atoms with Crippen molar-refractivity contribution in [2.75, 3.05) is 0 Å². The maximum Gasteiger partial charge on any atom is 0.320 e. The van der Waals surface area contributed by atoms with Crippen molar-refractivity contribution in [2.24, 2.45) is 0 Å². The van der Waals surface area contributed by atoms with Gasteiger partial charge in [-0.05, 0) is 31.2 Å². The molecule has 1 fully saturated rings. The minimum Gasteiger partial charge on any atom is -0.480 e. The van der Waals surface area contributed by atoms with E-state index in [2.05, 4.69) is 21.3 Å². The van der Waals surface area contributed by atoms with Gasteiger partial charge in [-0.15, -0.1) is 11.3 Å². The highest BCUT2D eigenvalue weighted by molar-refractivity contribution is 7.14. The molecule has 4 nitrogen and oxygen atoms in total. The summed E-state index contributed by atoms with van der Waals surface area (Å²) in [6.07, 6.45) is 2.19. The molecule has 1 aliphatic carbocycles. The zero-order valence-electron chi connectivity index (χ0n) is 11.2. The van der Waals surface area contributed by atoms with E-state index in [9.17, 15) is 9.90 Å². The van der Waals surface area contributed by atoms with Crippen molar-refractivity contribution in [3.05, 3.63) is 27.9 Å². The van der Waals surface area contributed by atoms with Crippen molar-refractivity contribution in [3.63, 3.8) is 0 Å². The summed E-state index contributed by atoms with van der Waals surface area (Å²) in [5.74, 6) is -0.759. The quantitative estimate of drug-likeness (QED) is 0.889. The number of hydrogen-bond donors (Lipinski definition) is 1. The second kappa shape index (κ2) is 5.63. The third-order valence-electron chi connectivity index (χ3n) is 3.54. The van der Waals surface area contributed by atoms with E-state index in [0.29, 0.717) is 12.6 Å². The van der Waals surface area contributed by atoms with Crippen LogP contribution >= 0.6 is 22.7 Å². The fourth-order valence-corrected chi connectivity index (χ4v) is 3.74. The van der Waals surface area contributed by atoms with Gasteiger partial charge in [0.25, 0.3) is 0 Å². The van der Waals surface area contributed by atoms with Crippen molar-refractivity contribution in [3.8, 4) is 10.6 Å². The molecule has 6 heteroatoms. The van der Waals surface area contributed by atoms with Crippen molar-refractivity contribution in [2.45, 2.75) is 38.4 Å². The first-order valence-corrected chi connectivity index (χ1v) is 8.43. The second-order valence-electron chi connectivity index (χ2n) is 5.07. The standard InChI is InChI=1S/C14H16N2O2S2/c1-9(14(17)18)16(12-2-3-12)6-11-8-20-13(15-11)10-4-5-19-7-10/h4-5,7-9,12H,2-3,6H2,1H3,(H,17,18). The largest absolute Gasteiger partial charge is 0.480 e. The number of aromatic nitrogens is 1. The van der Waals surface area contributed by atoms with Gasteiger partial charge in [-0.25, -0.2) is 4.98 Å². The van der Waals surface area contributed by atoms with Crippen LogP contribution in [-0.2, 0) is 11.3 Å². The van der Waals surface area contributed by atoms with Crippen molar-refractivity contribution in [1.29, 1.82) is 0 Å².